The van der Waals surface area contributed by atoms with E-state index in [9.17, 15) is 14.7 Å². The summed E-state index contributed by atoms with van der Waals surface area (Å²) in [6.07, 6.45) is -1.31. The van der Waals surface area contributed by atoms with Crippen molar-refractivity contribution in [3.05, 3.63) is 92.6 Å². The molecule has 4 heterocycles. The Morgan fingerprint density at radius 1 is 0.684 bits per heavy atom. The third kappa shape index (κ3) is 4.09. The third-order valence-corrected chi connectivity index (χ3v) is 5.67. The molecule has 38 heavy (non-hydrogen) atoms. The SMILES string of the molecule is O=c1cc(C2(OCC(O)COC3(c4cc(=O)c5ccccc5o4)N=NN=N3)N=NN=N2)oc2ccccc12. The van der Waals surface area contributed by atoms with E-state index in [2.05, 4.69) is 41.4 Å². The predicted octanol–water partition coefficient (Wildman–Crippen LogP) is 3.88. The number of fused-ring (bicyclic) bond motifs is 2. The van der Waals surface area contributed by atoms with Gasteiger partial charge in [0.25, 0.3) is 0 Å². The van der Waals surface area contributed by atoms with Crippen molar-refractivity contribution in [2.24, 2.45) is 41.4 Å². The van der Waals surface area contributed by atoms with Crippen LogP contribution in [0.4, 0.5) is 0 Å². The minimum Gasteiger partial charge on any atom is -0.453 e. The van der Waals surface area contributed by atoms with Crippen LogP contribution in [-0.4, -0.2) is 24.4 Å². The molecule has 0 aliphatic carbocycles. The van der Waals surface area contributed by atoms with E-state index in [-0.39, 0.29) is 33.5 Å². The van der Waals surface area contributed by atoms with Crippen LogP contribution in [0.5, 0.6) is 0 Å². The summed E-state index contributed by atoms with van der Waals surface area (Å²) in [5.41, 5.74) is -0.117. The molecular weight excluding hydrogens is 500 g/mol. The summed E-state index contributed by atoms with van der Waals surface area (Å²) < 4.78 is 23.0. The molecule has 4 aromatic rings. The molecule has 0 fully saturated rings. The molecular formula is C23H16N8O7. The van der Waals surface area contributed by atoms with E-state index in [1.807, 2.05) is 0 Å². The van der Waals surface area contributed by atoms with Crippen molar-refractivity contribution in [1.82, 2.24) is 0 Å². The third-order valence-electron chi connectivity index (χ3n) is 5.67. The Hall–Kier alpha value is -4.86. The molecule has 15 nitrogen and oxygen atoms in total. The van der Waals surface area contributed by atoms with Crippen LogP contribution in [0.2, 0.25) is 0 Å². The van der Waals surface area contributed by atoms with E-state index < -0.39 is 31.0 Å². The first-order valence-electron chi connectivity index (χ1n) is 11.2. The molecule has 2 aliphatic heterocycles. The molecule has 6 rings (SSSR count). The van der Waals surface area contributed by atoms with Gasteiger partial charge < -0.3 is 23.4 Å². The second-order valence-corrected chi connectivity index (χ2v) is 8.19. The fraction of sp³-hybridized carbons (Fsp3) is 0.217. The number of hydrogen-bond donors (Lipinski definition) is 1. The Labute approximate surface area is 210 Å². The van der Waals surface area contributed by atoms with E-state index in [0.29, 0.717) is 10.8 Å². The van der Waals surface area contributed by atoms with Crippen LogP contribution in [0.1, 0.15) is 11.5 Å². The minimum absolute atomic E-state index is 0.0767. The molecule has 0 unspecified atom stereocenters. The lowest BCUT2D eigenvalue weighted by molar-refractivity contribution is -0.131. The maximum atomic E-state index is 12.6. The summed E-state index contributed by atoms with van der Waals surface area (Å²) in [6, 6.07) is 15.6. The van der Waals surface area contributed by atoms with Gasteiger partial charge in [-0.1, -0.05) is 44.7 Å². The molecule has 2 aromatic carbocycles. The van der Waals surface area contributed by atoms with Gasteiger partial charge >= 0.3 is 11.7 Å². The number of para-hydroxylation sites is 2. The summed E-state index contributed by atoms with van der Waals surface area (Å²) in [5, 5.41) is 40.7. The summed E-state index contributed by atoms with van der Waals surface area (Å²) in [5.74, 6) is -3.99. The number of hydrogen-bond acceptors (Lipinski definition) is 15. The number of benzene rings is 2. The summed E-state index contributed by atoms with van der Waals surface area (Å²) >= 11 is 0. The molecule has 190 valence electrons. The van der Waals surface area contributed by atoms with Crippen molar-refractivity contribution in [3.8, 4) is 0 Å². The van der Waals surface area contributed by atoms with Crippen LogP contribution in [0.25, 0.3) is 21.9 Å². The molecule has 0 spiro atoms. The van der Waals surface area contributed by atoms with Crippen molar-refractivity contribution >= 4 is 21.9 Å². The summed E-state index contributed by atoms with van der Waals surface area (Å²) in [6.45, 7) is -0.832. The smallest absolute Gasteiger partial charge is 0.357 e. The Balaban J connectivity index is 1.20. The minimum atomic E-state index is -1.92. The predicted molar refractivity (Wildman–Crippen MR) is 126 cm³/mol. The van der Waals surface area contributed by atoms with Gasteiger partial charge in [0.05, 0.1) is 24.0 Å². The molecule has 0 bridgehead atoms. The van der Waals surface area contributed by atoms with Gasteiger partial charge in [-0.05, 0) is 45.2 Å². The van der Waals surface area contributed by atoms with Gasteiger partial charge in [-0.25, -0.2) is 0 Å². The lowest BCUT2D eigenvalue weighted by Gasteiger charge is -2.23. The molecule has 0 saturated carbocycles. The van der Waals surface area contributed by atoms with Crippen molar-refractivity contribution < 1.29 is 23.4 Å². The fourth-order valence-corrected chi connectivity index (χ4v) is 3.82. The van der Waals surface area contributed by atoms with Gasteiger partial charge in [-0.15, -0.1) is 0 Å². The first-order valence-corrected chi connectivity index (χ1v) is 11.2. The lowest BCUT2D eigenvalue weighted by atomic mass is 10.2. The first-order chi connectivity index (χ1) is 18.5. The Kier molecular flexibility index (Phi) is 5.71. The largest absolute Gasteiger partial charge is 0.453 e. The van der Waals surface area contributed by atoms with Crippen LogP contribution >= 0.6 is 0 Å². The Morgan fingerprint density at radius 3 is 1.50 bits per heavy atom. The average molecular weight is 516 g/mol. The molecule has 2 aliphatic rings. The molecule has 0 amide bonds. The zero-order chi connectivity index (χ0) is 26.2. The lowest BCUT2D eigenvalue weighted by Crippen LogP contribution is -2.34. The number of ether oxygens (including phenoxy) is 2. The van der Waals surface area contributed by atoms with Crippen LogP contribution < -0.4 is 10.9 Å². The number of aliphatic hydroxyl groups excluding tert-OH is 1. The van der Waals surface area contributed by atoms with E-state index in [1.54, 1.807) is 48.5 Å². The molecule has 0 saturated heterocycles. The van der Waals surface area contributed by atoms with Gasteiger partial charge in [-0.2, -0.15) is 0 Å². The number of rotatable bonds is 8. The van der Waals surface area contributed by atoms with E-state index in [1.165, 1.54) is 12.1 Å². The van der Waals surface area contributed by atoms with Crippen LogP contribution in [0, 0.1) is 0 Å². The molecule has 1 N–H and O–H groups in total. The van der Waals surface area contributed by atoms with E-state index >= 15 is 0 Å². The average Bonchev–Trinajstić information content (AvgIpc) is 3.62. The number of nitrogens with zero attached hydrogens (tertiary/aromatic N) is 8. The summed E-state index contributed by atoms with van der Waals surface area (Å²) in [7, 11) is 0. The zero-order valence-electron chi connectivity index (χ0n) is 19.2. The maximum Gasteiger partial charge on any atom is 0.357 e. The number of aliphatic hydroxyl groups is 1. The van der Waals surface area contributed by atoms with Gasteiger partial charge in [0.1, 0.15) is 17.3 Å². The highest BCUT2D eigenvalue weighted by atomic mass is 16.6. The van der Waals surface area contributed by atoms with Gasteiger partial charge in [0, 0.05) is 12.1 Å². The first kappa shape index (κ1) is 23.5. The van der Waals surface area contributed by atoms with Crippen LogP contribution in [-0.2, 0) is 21.2 Å². The van der Waals surface area contributed by atoms with Crippen molar-refractivity contribution in [3.63, 3.8) is 0 Å². The van der Waals surface area contributed by atoms with Gasteiger partial charge in [0.2, 0.25) is 0 Å². The summed E-state index contributed by atoms with van der Waals surface area (Å²) in [4.78, 5) is 25.1. The second-order valence-electron chi connectivity index (χ2n) is 8.19. The molecule has 2 aromatic heterocycles. The van der Waals surface area contributed by atoms with Crippen molar-refractivity contribution in [2.45, 2.75) is 17.8 Å². The molecule has 15 heteroatoms. The van der Waals surface area contributed by atoms with E-state index in [4.69, 9.17) is 18.3 Å². The van der Waals surface area contributed by atoms with Crippen molar-refractivity contribution in [2.75, 3.05) is 13.2 Å². The molecule has 0 radical (unpaired) electrons. The zero-order valence-corrected chi connectivity index (χ0v) is 19.2. The van der Waals surface area contributed by atoms with Gasteiger partial charge in [-0.3, -0.25) is 9.59 Å². The second kappa shape index (κ2) is 9.22. The highest BCUT2D eigenvalue weighted by molar-refractivity contribution is 5.76. The van der Waals surface area contributed by atoms with Gasteiger partial charge in [0.15, 0.2) is 22.4 Å². The highest BCUT2D eigenvalue weighted by Crippen LogP contribution is 2.36. The van der Waals surface area contributed by atoms with Crippen LogP contribution in [0.3, 0.4) is 0 Å². The Morgan fingerprint density at radius 2 is 1.08 bits per heavy atom. The quantitative estimate of drug-likeness (QED) is 0.366. The standard InChI is InChI=1S/C23H16N8O7/c32-13(11-35-22(24-28-29-25-22)20-9-16(33)14-5-1-3-7-18(14)37-20)12-36-23(26-30-31-27-23)21-10-17(34)15-6-2-4-8-19(15)38-21/h1-10,13,32H,11-12H2. The van der Waals surface area contributed by atoms with Crippen LogP contribution in [0.15, 0.2) is 120 Å². The maximum absolute atomic E-state index is 12.6. The van der Waals surface area contributed by atoms with Crippen molar-refractivity contribution in [1.29, 1.82) is 0 Å². The highest BCUT2D eigenvalue weighted by Gasteiger charge is 2.43. The molecule has 0 atom stereocenters. The topological polar surface area (TPSA) is 198 Å². The fourth-order valence-electron chi connectivity index (χ4n) is 3.82. The monoisotopic (exact) mass is 516 g/mol. The Bertz CT molecular complexity index is 1620. The normalized spacial score (nSPS) is 16.9. The van der Waals surface area contributed by atoms with E-state index in [0.717, 1.165) is 0 Å².